The smallest absolute Gasteiger partial charge is 0.242 e. The molecule has 202 valence electrons. The first-order valence-corrected chi connectivity index (χ1v) is 14.5. The van der Waals surface area contributed by atoms with E-state index in [9.17, 15) is 18.0 Å². The van der Waals surface area contributed by atoms with Gasteiger partial charge in [0.25, 0.3) is 0 Å². The van der Waals surface area contributed by atoms with Crippen LogP contribution in [0.25, 0.3) is 0 Å². The lowest BCUT2D eigenvalue weighted by atomic mass is 10.1. The van der Waals surface area contributed by atoms with Gasteiger partial charge in [0.2, 0.25) is 28.6 Å². The molecule has 0 unspecified atom stereocenters. The van der Waals surface area contributed by atoms with Crippen LogP contribution in [-0.4, -0.2) is 57.3 Å². The van der Waals surface area contributed by atoms with Crippen LogP contribution in [0.1, 0.15) is 38.7 Å². The number of ether oxygens (including phenoxy) is 2. The quantitative estimate of drug-likeness (QED) is 0.409. The number of sulfonamides is 1. The van der Waals surface area contributed by atoms with E-state index in [0.29, 0.717) is 45.8 Å². The van der Waals surface area contributed by atoms with Crippen molar-refractivity contribution in [3.63, 3.8) is 0 Å². The molecule has 0 aliphatic carbocycles. The van der Waals surface area contributed by atoms with E-state index in [1.54, 1.807) is 43.3 Å². The maximum absolute atomic E-state index is 13.5. The number of nitrogens with zero attached hydrogens (tertiary/aromatic N) is 2. The second kappa shape index (κ2) is 12.7. The second-order valence-electron chi connectivity index (χ2n) is 8.52. The molecule has 0 saturated carbocycles. The van der Waals surface area contributed by atoms with Crippen LogP contribution in [0.4, 0.5) is 5.69 Å². The molecule has 1 heterocycles. The monoisotopic (exact) mass is 571 g/mol. The fraction of sp³-hybridized carbons (Fsp3) is 0.440. The van der Waals surface area contributed by atoms with Gasteiger partial charge in [-0.25, -0.2) is 8.42 Å². The molecule has 0 fully saturated rings. The lowest BCUT2D eigenvalue weighted by Gasteiger charge is -2.31. The Bertz CT molecular complexity index is 1220. The predicted octanol–water partition coefficient (Wildman–Crippen LogP) is 4.21. The predicted molar refractivity (Wildman–Crippen MR) is 144 cm³/mol. The molecule has 3 rings (SSSR count). The summed E-state index contributed by atoms with van der Waals surface area (Å²) in [4.78, 5) is 27.7. The standard InChI is InChI=1S/C25H31Cl2N3O6S/c1-4-21(25(32)28-5-2)29(15-18-19(26)8-6-9-20(18)27)24(31)10-7-13-30(37(3,33)34)17-11-12-22-23(14-17)36-16-35-22/h6,8-9,11-12,14,21H,4-5,7,10,13,15-16H2,1-3H3,(H,28,32)/t21-/m1/s1. The summed E-state index contributed by atoms with van der Waals surface area (Å²) in [6.45, 7) is 4.22. The van der Waals surface area contributed by atoms with Crippen molar-refractivity contribution < 1.29 is 27.5 Å². The number of halogens is 2. The minimum absolute atomic E-state index is 0.00848. The van der Waals surface area contributed by atoms with Gasteiger partial charge in [0, 0.05) is 47.7 Å². The highest BCUT2D eigenvalue weighted by Crippen LogP contribution is 2.36. The minimum Gasteiger partial charge on any atom is -0.454 e. The number of nitrogens with one attached hydrogen (secondary N) is 1. The Hall–Kier alpha value is -2.69. The number of fused-ring (bicyclic) bond motifs is 1. The fourth-order valence-electron chi connectivity index (χ4n) is 4.11. The molecule has 12 heteroatoms. The van der Waals surface area contributed by atoms with Gasteiger partial charge >= 0.3 is 0 Å². The lowest BCUT2D eigenvalue weighted by Crippen LogP contribution is -2.49. The summed E-state index contributed by atoms with van der Waals surface area (Å²) in [5, 5.41) is 3.56. The van der Waals surface area contributed by atoms with E-state index in [-0.39, 0.29) is 44.5 Å². The van der Waals surface area contributed by atoms with E-state index in [4.69, 9.17) is 32.7 Å². The van der Waals surface area contributed by atoms with Gasteiger partial charge in [-0.3, -0.25) is 13.9 Å². The molecule has 9 nitrogen and oxygen atoms in total. The molecule has 1 aliphatic heterocycles. The van der Waals surface area contributed by atoms with Crippen molar-refractivity contribution >= 4 is 50.7 Å². The van der Waals surface area contributed by atoms with E-state index >= 15 is 0 Å². The Morgan fingerprint density at radius 2 is 1.76 bits per heavy atom. The number of hydrogen-bond acceptors (Lipinski definition) is 6. The number of carbonyl (C=O) groups excluding carboxylic acids is 2. The summed E-state index contributed by atoms with van der Waals surface area (Å²) < 4.78 is 37.0. The molecule has 2 aromatic carbocycles. The number of amides is 2. The summed E-state index contributed by atoms with van der Waals surface area (Å²) in [7, 11) is -3.64. The normalized spacial score (nSPS) is 13.2. The van der Waals surface area contributed by atoms with E-state index in [2.05, 4.69) is 5.32 Å². The molecular weight excluding hydrogens is 541 g/mol. The topological polar surface area (TPSA) is 105 Å². The van der Waals surface area contributed by atoms with Crippen LogP contribution >= 0.6 is 23.2 Å². The van der Waals surface area contributed by atoms with Gasteiger partial charge in [0.05, 0.1) is 11.9 Å². The number of carbonyl (C=O) groups is 2. The van der Waals surface area contributed by atoms with Crippen molar-refractivity contribution in [2.75, 3.05) is 30.4 Å². The molecule has 0 bridgehead atoms. The average Bonchev–Trinajstić information content (AvgIpc) is 3.30. The van der Waals surface area contributed by atoms with E-state index < -0.39 is 16.1 Å². The van der Waals surface area contributed by atoms with Crippen molar-refractivity contribution in [2.45, 2.75) is 45.7 Å². The Balaban J connectivity index is 1.79. The summed E-state index contributed by atoms with van der Waals surface area (Å²) in [6, 6.07) is 9.19. The van der Waals surface area contributed by atoms with Gasteiger partial charge in [-0.2, -0.15) is 0 Å². The zero-order valence-corrected chi connectivity index (χ0v) is 23.3. The third-order valence-corrected chi connectivity index (χ3v) is 7.83. The molecule has 2 aromatic rings. The molecule has 0 radical (unpaired) electrons. The number of likely N-dealkylation sites (N-methyl/N-ethyl adjacent to an activating group) is 1. The minimum atomic E-state index is -3.64. The maximum atomic E-state index is 13.5. The zero-order chi connectivity index (χ0) is 27.2. The summed E-state index contributed by atoms with van der Waals surface area (Å²) in [5.74, 6) is 0.405. The Morgan fingerprint density at radius 3 is 2.38 bits per heavy atom. The molecular formula is C25H31Cl2N3O6S. The Kier molecular flexibility index (Phi) is 9.92. The Labute approximate surface area is 227 Å². The molecule has 1 N–H and O–H groups in total. The average molecular weight is 573 g/mol. The first-order valence-electron chi connectivity index (χ1n) is 11.9. The summed E-state index contributed by atoms with van der Waals surface area (Å²) >= 11 is 12.7. The van der Waals surface area contributed by atoms with Crippen LogP contribution < -0.4 is 19.1 Å². The number of rotatable bonds is 12. The van der Waals surface area contributed by atoms with Gasteiger partial charge < -0.3 is 19.7 Å². The van der Waals surface area contributed by atoms with Crippen LogP contribution in [0.15, 0.2) is 36.4 Å². The van der Waals surface area contributed by atoms with Crippen LogP contribution in [-0.2, 0) is 26.2 Å². The fourth-order valence-corrected chi connectivity index (χ4v) is 5.58. The largest absolute Gasteiger partial charge is 0.454 e. The Morgan fingerprint density at radius 1 is 1.08 bits per heavy atom. The van der Waals surface area contributed by atoms with Crippen molar-refractivity contribution in [2.24, 2.45) is 0 Å². The van der Waals surface area contributed by atoms with Crippen molar-refractivity contribution in [3.8, 4) is 11.5 Å². The zero-order valence-electron chi connectivity index (χ0n) is 21.0. The van der Waals surface area contributed by atoms with Crippen LogP contribution in [0.5, 0.6) is 11.5 Å². The first kappa shape index (κ1) is 28.9. The number of anilines is 1. The van der Waals surface area contributed by atoms with E-state index in [1.807, 2.05) is 6.92 Å². The highest BCUT2D eigenvalue weighted by Gasteiger charge is 2.30. The van der Waals surface area contributed by atoms with Gasteiger partial charge in [-0.15, -0.1) is 0 Å². The summed E-state index contributed by atoms with van der Waals surface area (Å²) in [5.41, 5.74) is 0.952. The van der Waals surface area contributed by atoms with Gasteiger partial charge in [0.15, 0.2) is 11.5 Å². The second-order valence-corrected chi connectivity index (χ2v) is 11.2. The molecule has 2 amide bonds. The molecule has 1 aliphatic rings. The van der Waals surface area contributed by atoms with Crippen molar-refractivity contribution in [1.82, 2.24) is 10.2 Å². The van der Waals surface area contributed by atoms with Gasteiger partial charge in [-0.05, 0) is 44.0 Å². The first-order chi connectivity index (χ1) is 17.6. The van der Waals surface area contributed by atoms with Crippen molar-refractivity contribution in [3.05, 3.63) is 52.0 Å². The molecule has 37 heavy (non-hydrogen) atoms. The van der Waals surface area contributed by atoms with Crippen LogP contribution in [0.2, 0.25) is 10.0 Å². The number of hydrogen-bond donors (Lipinski definition) is 1. The van der Waals surface area contributed by atoms with E-state index in [0.717, 1.165) is 6.26 Å². The van der Waals surface area contributed by atoms with Crippen LogP contribution in [0, 0.1) is 0 Å². The summed E-state index contributed by atoms with van der Waals surface area (Å²) in [6.07, 6.45) is 1.72. The highest BCUT2D eigenvalue weighted by atomic mass is 35.5. The third kappa shape index (κ3) is 7.21. The highest BCUT2D eigenvalue weighted by molar-refractivity contribution is 7.92. The molecule has 0 aromatic heterocycles. The molecule has 1 atom stereocenters. The number of benzene rings is 2. The maximum Gasteiger partial charge on any atom is 0.242 e. The van der Waals surface area contributed by atoms with E-state index in [1.165, 1.54) is 9.21 Å². The van der Waals surface area contributed by atoms with Gasteiger partial charge in [-0.1, -0.05) is 36.2 Å². The molecule has 0 saturated heterocycles. The van der Waals surface area contributed by atoms with Crippen molar-refractivity contribution in [1.29, 1.82) is 0 Å². The SMILES string of the molecule is CCNC(=O)[C@@H](CC)N(Cc1c(Cl)cccc1Cl)C(=O)CCCN(c1ccc2c(c1)OCO2)S(C)(=O)=O. The van der Waals surface area contributed by atoms with Crippen LogP contribution in [0.3, 0.4) is 0 Å². The third-order valence-electron chi connectivity index (χ3n) is 5.92. The lowest BCUT2D eigenvalue weighted by molar-refractivity contribution is -0.141. The molecule has 0 spiro atoms. The van der Waals surface area contributed by atoms with Gasteiger partial charge in [0.1, 0.15) is 6.04 Å².